The van der Waals surface area contributed by atoms with E-state index in [9.17, 15) is 4.79 Å². The lowest BCUT2D eigenvalue weighted by molar-refractivity contribution is -0.114. The van der Waals surface area contributed by atoms with Crippen LogP contribution in [0.15, 0.2) is 30.8 Å². The Labute approximate surface area is 105 Å². The number of thiocarbonyl (C=S) groups is 1. The van der Waals surface area contributed by atoms with Crippen LogP contribution in [0.4, 0.5) is 5.69 Å². The summed E-state index contributed by atoms with van der Waals surface area (Å²) in [6, 6.07) is 7.24. The lowest BCUT2D eigenvalue weighted by atomic mass is 10.1. The van der Waals surface area contributed by atoms with E-state index >= 15 is 0 Å². The molecule has 0 spiro atoms. The van der Waals surface area contributed by atoms with Gasteiger partial charge >= 0.3 is 0 Å². The third-order valence-corrected chi connectivity index (χ3v) is 1.97. The molecule has 0 aromatic heterocycles. The van der Waals surface area contributed by atoms with E-state index in [2.05, 4.69) is 35.0 Å². The highest BCUT2D eigenvalue weighted by Gasteiger charge is 2.01. The Morgan fingerprint density at radius 3 is 2.71 bits per heavy atom. The summed E-state index contributed by atoms with van der Waals surface area (Å²) >= 11 is 4.65. The molecule has 0 aliphatic heterocycles. The van der Waals surface area contributed by atoms with Crippen LogP contribution in [0.1, 0.15) is 12.5 Å². The van der Waals surface area contributed by atoms with Crippen molar-refractivity contribution < 1.29 is 4.79 Å². The number of rotatable bonds is 4. The standard InChI is InChI=1S/C11H14N4OS/c1-7(14-15-11(12)17)9-4-3-5-10(6-9)13-8(2)16/h3-6,14H,1H2,2H3,(H,13,16)(H3,12,15,17). The molecule has 0 unspecified atom stereocenters. The first-order valence-electron chi connectivity index (χ1n) is 4.87. The van der Waals surface area contributed by atoms with E-state index < -0.39 is 0 Å². The number of carbonyl (C=O) groups excluding carboxylic acids is 1. The molecule has 6 heteroatoms. The maximum Gasteiger partial charge on any atom is 0.221 e. The molecule has 0 radical (unpaired) electrons. The zero-order chi connectivity index (χ0) is 12.8. The number of carbonyl (C=O) groups is 1. The maximum absolute atomic E-state index is 10.9. The molecule has 90 valence electrons. The molecule has 0 aliphatic carbocycles. The number of hydrogen-bond acceptors (Lipinski definition) is 3. The van der Waals surface area contributed by atoms with E-state index in [0.29, 0.717) is 11.4 Å². The number of nitrogens with two attached hydrogens (primary N) is 1. The minimum atomic E-state index is -0.123. The fourth-order valence-corrected chi connectivity index (χ4v) is 1.25. The van der Waals surface area contributed by atoms with Crippen molar-refractivity contribution in [2.24, 2.45) is 5.73 Å². The van der Waals surface area contributed by atoms with E-state index in [1.165, 1.54) is 6.92 Å². The lowest BCUT2D eigenvalue weighted by Crippen LogP contribution is -2.39. The molecule has 0 fully saturated rings. The summed E-state index contributed by atoms with van der Waals surface area (Å²) in [6.07, 6.45) is 0. The fraction of sp³-hybridized carbons (Fsp3) is 0.0909. The van der Waals surface area contributed by atoms with Crippen LogP contribution in [-0.2, 0) is 4.79 Å². The minimum Gasteiger partial charge on any atom is -0.375 e. The monoisotopic (exact) mass is 250 g/mol. The molecule has 1 rings (SSSR count). The van der Waals surface area contributed by atoms with Crippen molar-refractivity contribution in [3.8, 4) is 0 Å². The van der Waals surface area contributed by atoms with Crippen LogP contribution in [0.5, 0.6) is 0 Å². The number of amides is 1. The molecule has 5 nitrogen and oxygen atoms in total. The van der Waals surface area contributed by atoms with Crippen LogP contribution in [0.25, 0.3) is 5.70 Å². The Morgan fingerprint density at radius 2 is 2.12 bits per heavy atom. The number of hydrogen-bond donors (Lipinski definition) is 4. The average Bonchev–Trinajstić information content (AvgIpc) is 2.25. The first-order valence-corrected chi connectivity index (χ1v) is 5.28. The van der Waals surface area contributed by atoms with Gasteiger partial charge in [0.15, 0.2) is 5.11 Å². The van der Waals surface area contributed by atoms with Gasteiger partial charge in [-0.25, -0.2) is 0 Å². The Kier molecular flexibility index (Phi) is 4.47. The molecule has 0 aliphatic rings. The first-order chi connectivity index (χ1) is 7.99. The van der Waals surface area contributed by atoms with Crippen molar-refractivity contribution in [3.63, 3.8) is 0 Å². The minimum absolute atomic E-state index is 0.123. The fourth-order valence-electron chi connectivity index (χ4n) is 1.20. The molecule has 0 saturated carbocycles. The Bertz CT molecular complexity index is 459. The summed E-state index contributed by atoms with van der Waals surface area (Å²) in [5.74, 6) is -0.123. The molecular formula is C11H14N4OS. The number of benzene rings is 1. The van der Waals surface area contributed by atoms with Crippen molar-refractivity contribution in [1.82, 2.24) is 10.9 Å². The summed E-state index contributed by atoms with van der Waals surface area (Å²) in [5.41, 5.74) is 12.7. The van der Waals surface area contributed by atoms with Gasteiger partial charge in [-0.3, -0.25) is 15.6 Å². The van der Waals surface area contributed by atoms with Crippen LogP contribution in [0, 0.1) is 0 Å². The van der Waals surface area contributed by atoms with Gasteiger partial charge in [-0.1, -0.05) is 18.7 Å². The van der Waals surface area contributed by atoms with Crippen molar-refractivity contribution >= 4 is 34.6 Å². The van der Waals surface area contributed by atoms with Gasteiger partial charge in [0.2, 0.25) is 5.91 Å². The Morgan fingerprint density at radius 1 is 1.41 bits per heavy atom. The van der Waals surface area contributed by atoms with Gasteiger partial charge in [-0.15, -0.1) is 0 Å². The molecule has 0 bridgehead atoms. The number of anilines is 1. The van der Waals surface area contributed by atoms with Gasteiger partial charge < -0.3 is 11.1 Å². The highest BCUT2D eigenvalue weighted by molar-refractivity contribution is 7.80. The largest absolute Gasteiger partial charge is 0.375 e. The van der Waals surface area contributed by atoms with Crippen LogP contribution >= 0.6 is 12.2 Å². The van der Waals surface area contributed by atoms with Gasteiger partial charge in [0, 0.05) is 18.2 Å². The predicted octanol–water partition coefficient (Wildman–Crippen LogP) is 0.954. The topological polar surface area (TPSA) is 79.2 Å². The quantitative estimate of drug-likeness (QED) is 0.473. The summed E-state index contributed by atoms with van der Waals surface area (Å²) in [7, 11) is 0. The summed E-state index contributed by atoms with van der Waals surface area (Å²) < 4.78 is 0. The Balaban J connectivity index is 2.73. The second-order valence-corrected chi connectivity index (χ2v) is 3.79. The van der Waals surface area contributed by atoms with Crippen molar-refractivity contribution in [3.05, 3.63) is 36.4 Å². The first kappa shape index (κ1) is 13.0. The third kappa shape index (κ3) is 4.52. The second-order valence-electron chi connectivity index (χ2n) is 3.35. The molecule has 0 atom stereocenters. The molecule has 5 N–H and O–H groups in total. The second kappa shape index (κ2) is 5.86. The average molecular weight is 250 g/mol. The van der Waals surface area contributed by atoms with E-state index in [4.69, 9.17) is 5.73 Å². The predicted molar refractivity (Wildman–Crippen MR) is 72.8 cm³/mol. The van der Waals surface area contributed by atoms with Crippen LogP contribution < -0.4 is 21.9 Å². The van der Waals surface area contributed by atoms with E-state index in [1.54, 1.807) is 12.1 Å². The maximum atomic E-state index is 10.9. The molecule has 0 saturated heterocycles. The van der Waals surface area contributed by atoms with Gasteiger partial charge in [-0.2, -0.15) is 0 Å². The molecule has 17 heavy (non-hydrogen) atoms. The summed E-state index contributed by atoms with van der Waals surface area (Å²) in [5, 5.41) is 2.82. The van der Waals surface area contributed by atoms with E-state index in [-0.39, 0.29) is 11.0 Å². The van der Waals surface area contributed by atoms with Gasteiger partial charge in [0.05, 0.1) is 5.70 Å². The Hall–Kier alpha value is -2.08. The zero-order valence-electron chi connectivity index (χ0n) is 9.41. The number of hydrazine groups is 1. The highest BCUT2D eigenvalue weighted by Crippen LogP contribution is 2.15. The number of nitrogens with one attached hydrogen (secondary N) is 3. The zero-order valence-corrected chi connectivity index (χ0v) is 10.2. The van der Waals surface area contributed by atoms with Gasteiger partial charge in [0.25, 0.3) is 0 Å². The van der Waals surface area contributed by atoms with E-state index in [1.807, 2.05) is 12.1 Å². The molecule has 1 aromatic rings. The lowest BCUT2D eigenvalue weighted by Gasteiger charge is -2.11. The third-order valence-electron chi connectivity index (χ3n) is 1.87. The summed E-state index contributed by atoms with van der Waals surface area (Å²) in [6.45, 7) is 5.27. The smallest absolute Gasteiger partial charge is 0.221 e. The normalized spacial score (nSPS) is 9.24. The van der Waals surface area contributed by atoms with Crippen molar-refractivity contribution in [2.75, 3.05) is 5.32 Å². The van der Waals surface area contributed by atoms with Crippen LogP contribution in [-0.4, -0.2) is 11.0 Å². The van der Waals surface area contributed by atoms with Crippen molar-refractivity contribution in [2.45, 2.75) is 6.92 Å². The van der Waals surface area contributed by atoms with Gasteiger partial charge in [-0.05, 0) is 24.4 Å². The molecule has 0 heterocycles. The molecule has 1 amide bonds. The molecular weight excluding hydrogens is 236 g/mol. The van der Waals surface area contributed by atoms with Crippen molar-refractivity contribution in [1.29, 1.82) is 0 Å². The molecule has 1 aromatic carbocycles. The highest BCUT2D eigenvalue weighted by atomic mass is 32.1. The summed E-state index contributed by atoms with van der Waals surface area (Å²) in [4.78, 5) is 10.9. The van der Waals surface area contributed by atoms with E-state index in [0.717, 1.165) is 5.56 Å². The SMILES string of the molecule is C=C(NNC(N)=S)c1cccc(NC(C)=O)c1. The van der Waals surface area contributed by atoms with Crippen LogP contribution in [0.2, 0.25) is 0 Å². The van der Waals surface area contributed by atoms with Crippen LogP contribution in [0.3, 0.4) is 0 Å². The van der Waals surface area contributed by atoms with Gasteiger partial charge in [0.1, 0.15) is 0 Å².